The number of carbonyl (C=O) groups excluding carboxylic acids is 1. The Kier molecular flexibility index (Phi) is 5.84. The number of rotatable bonds is 3. The maximum Gasteiger partial charge on any atom is 0.410 e. The van der Waals surface area contributed by atoms with Crippen LogP contribution in [-0.2, 0) is 4.74 Å². The largest absolute Gasteiger partial charge is 0.444 e. The number of hydrogen-bond acceptors (Lipinski definition) is 4. The van der Waals surface area contributed by atoms with Gasteiger partial charge in [0.25, 0.3) is 0 Å². The summed E-state index contributed by atoms with van der Waals surface area (Å²) in [7, 11) is 0. The summed E-state index contributed by atoms with van der Waals surface area (Å²) in [5.41, 5.74) is -0.455. The van der Waals surface area contributed by atoms with Crippen molar-refractivity contribution in [2.75, 3.05) is 19.6 Å². The van der Waals surface area contributed by atoms with Gasteiger partial charge in [-0.15, -0.1) is 0 Å². The minimum absolute atomic E-state index is 0.261. The Hall–Kier alpha value is -1.26. The molecule has 5 heteroatoms. The highest BCUT2D eigenvalue weighted by Gasteiger charge is 2.25. The number of carbonyl (C=O) groups is 1. The zero-order valence-corrected chi connectivity index (χ0v) is 13.7. The first-order valence-corrected chi connectivity index (χ1v) is 7.50. The molecule has 0 aliphatic carbocycles. The first-order chi connectivity index (χ1) is 9.23. The van der Waals surface area contributed by atoms with Crippen LogP contribution in [0.4, 0.5) is 4.79 Å². The predicted octanol–water partition coefficient (Wildman–Crippen LogP) is 2.66. The smallest absolute Gasteiger partial charge is 0.410 e. The minimum Gasteiger partial charge on any atom is -0.444 e. The van der Waals surface area contributed by atoms with Crippen molar-refractivity contribution in [3.63, 3.8) is 0 Å². The molecule has 2 unspecified atom stereocenters. The number of nitrogens with zero attached hydrogens (tertiary/aromatic N) is 2. The Bertz CT molecular complexity index is 361. The van der Waals surface area contributed by atoms with Crippen LogP contribution in [0.3, 0.4) is 0 Å². The van der Waals surface area contributed by atoms with Gasteiger partial charge in [-0.2, -0.15) is 0 Å². The molecule has 1 aliphatic rings. The third-order valence-electron chi connectivity index (χ3n) is 3.56. The van der Waals surface area contributed by atoms with E-state index in [1.165, 1.54) is 0 Å². The second kappa shape index (κ2) is 6.95. The van der Waals surface area contributed by atoms with Gasteiger partial charge in [0.15, 0.2) is 0 Å². The quantitative estimate of drug-likeness (QED) is 0.866. The van der Waals surface area contributed by atoms with E-state index in [1.807, 2.05) is 20.8 Å². The third kappa shape index (κ3) is 5.39. The highest BCUT2D eigenvalue weighted by Crippen LogP contribution is 2.12. The fourth-order valence-electron chi connectivity index (χ4n) is 1.95. The lowest BCUT2D eigenvalue weighted by atomic mass is 10.0. The van der Waals surface area contributed by atoms with Crippen LogP contribution in [0.15, 0.2) is 4.99 Å². The maximum absolute atomic E-state index is 12.1. The molecule has 2 atom stereocenters. The molecule has 1 rings (SSSR count). The highest BCUT2D eigenvalue weighted by molar-refractivity contribution is 5.88. The van der Waals surface area contributed by atoms with Crippen molar-refractivity contribution >= 4 is 11.9 Å². The van der Waals surface area contributed by atoms with Crippen molar-refractivity contribution in [3.05, 3.63) is 0 Å². The van der Waals surface area contributed by atoms with Crippen LogP contribution in [0.25, 0.3) is 0 Å². The van der Waals surface area contributed by atoms with Gasteiger partial charge in [-0.3, -0.25) is 9.89 Å². The van der Waals surface area contributed by atoms with Gasteiger partial charge in [-0.25, -0.2) is 4.79 Å². The fraction of sp³-hybridized carbons (Fsp3) is 0.867. The zero-order valence-electron chi connectivity index (χ0n) is 13.7. The summed E-state index contributed by atoms with van der Waals surface area (Å²) in [4.78, 5) is 18.2. The second-order valence-electron chi connectivity index (χ2n) is 6.55. The Balaban J connectivity index is 2.54. The van der Waals surface area contributed by atoms with Gasteiger partial charge in [0.05, 0.1) is 13.1 Å². The van der Waals surface area contributed by atoms with Crippen molar-refractivity contribution in [1.82, 2.24) is 10.2 Å². The molecule has 0 saturated carbocycles. The average molecular weight is 283 g/mol. The van der Waals surface area contributed by atoms with Crippen LogP contribution in [-0.4, -0.2) is 48.1 Å². The summed E-state index contributed by atoms with van der Waals surface area (Å²) >= 11 is 0. The van der Waals surface area contributed by atoms with Crippen molar-refractivity contribution in [3.8, 4) is 0 Å². The summed E-state index contributed by atoms with van der Waals surface area (Å²) in [5, 5.41) is 3.42. The Labute approximate surface area is 122 Å². The average Bonchev–Trinajstić information content (AvgIpc) is 2.36. The van der Waals surface area contributed by atoms with E-state index < -0.39 is 5.60 Å². The lowest BCUT2D eigenvalue weighted by Gasteiger charge is -2.31. The van der Waals surface area contributed by atoms with Gasteiger partial charge >= 0.3 is 6.09 Å². The first-order valence-electron chi connectivity index (χ1n) is 7.50. The monoisotopic (exact) mass is 283 g/mol. The number of amides is 1. The molecule has 0 bridgehead atoms. The molecule has 0 aromatic carbocycles. The van der Waals surface area contributed by atoms with Gasteiger partial charge in [0, 0.05) is 12.6 Å². The molecule has 0 spiro atoms. The summed E-state index contributed by atoms with van der Waals surface area (Å²) in [6.45, 7) is 14.0. The van der Waals surface area contributed by atoms with Crippen LogP contribution in [0, 0.1) is 5.92 Å². The SMILES string of the molecule is CCC(C)C(C)NC1=NCCN(C(=O)OC(C)(C)C)C1. The molecule has 0 saturated heterocycles. The molecular weight excluding hydrogens is 254 g/mol. The number of amidine groups is 1. The van der Waals surface area contributed by atoms with E-state index in [-0.39, 0.29) is 6.09 Å². The number of hydrogen-bond donors (Lipinski definition) is 1. The molecular formula is C15H29N3O2. The van der Waals surface area contributed by atoms with E-state index in [0.717, 1.165) is 12.3 Å². The Morgan fingerprint density at radius 3 is 2.65 bits per heavy atom. The molecule has 0 fully saturated rings. The summed E-state index contributed by atoms with van der Waals surface area (Å²) in [6.07, 6.45) is 0.861. The molecule has 20 heavy (non-hydrogen) atoms. The van der Waals surface area contributed by atoms with Crippen LogP contribution in [0.1, 0.15) is 48.0 Å². The normalized spacial score (nSPS) is 19.1. The van der Waals surface area contributed by atoms with Crippen LogP contribution in [0.2, 0.25) is 0 Å². The Morgan fingerprint density at radius 2 is 2.10 bits per heavy atom. The number of nitrogens with one attached hydrogen (secondary N) is 1. The number of aliphatic imine (C=N–C) groups is 1. The fourth-order valence-corrected chi connectivity index (χ4v) is 1.95. The molecule has 0 aromatic heterocycles. The topological polar surface area (TPSA) is 53.9 Å². The van der Waals surface area contributed by atoms with Crippen molar-refractivity contribution in [1.29, 1.82) is 0 Å². The summed E-state index contributed by atoms with van der Waals surface area (Å²) < 4.78 is 5.40. The van der Waals surface area contributed by atoms with E-state index in [2.05, 4.69) is 31.1 Å². The maximum atomic E-state index is 12.1. The zero-order chi connectivity index (χ0) is 15.3. The molecule has 5 nitrogen and oxygen atoms in total. The number of ether oxygens (including phenoxy) is 1. The van der Waals surface area contributed by atoms with E-state index in [9.17, 15) is 4.79 Å². The standard InChI is InChI=1S/C15H29N3O2/c1-7-11(2)12(3)17-13-10-18(9-8-16-13)14(19)20-15(4,5)6/h11-12H,7-10H2,1-6H3,(H,16,17). The first kappa shape index (κ1) is 16.8. The summed E-state index contributed by atoms with van der Waals surface area (Å²) in [6, 6.07) is 0.359. The molecule has 1 N–H and O–H groups in total. The molecule has 0 aromatic rings. The van der Waals surface area contributed by atoms with Gasteiger partial charge in [0.2, 0.25) is 0 Å². The van der Waals surface area contributed by atoms with Gasteiger partial charge in [0.1, 0.15) is 11.4 Å². The van der Waals surface area contributed by atoms with Gasteiger partial charge in [-0.05, 0) is 33.6 Å². The van der Waals surface area contributed by atoms with E-state index >= 15 is 0 Å². The lowest BCUT2D eigenvalue weighted by molar-refractivity contribution is 0.0276. The second-order valence-corrected chi connectivity index (χ2v) is 6.55. The summed E-state index contributed by atoms with van der Waals surface area (Å²) in [5.74, 6) is 1.46. The molecule has 116 valence electrons. The third-order valence-corrected chi connectivity index (χ3v) is 3.56. The molecule has 1 heterocycles. The molecule has 1 amide bonds. The lowest BCUT2D eigenvalue weighted by Crippen LogP contribution is -2.49. The van der Waals surface area contributed by atoms with Gasteiger partial charge in [-0.1, -0.05) is 20.3 Å². The molecule has 1 aliphatic heterocycles. The van der Waals surface area contributed by atoms with Gasteiger partial charge < -0.3 is 10.1 Å². The van der Waals surface area contributed by atoms with Crippen molar-refractivity contribution < 1.29 is 9.53 Å². The predicted molar refractivity (Wildman–Crippen MR) is 82.2 cm³/mol. The van der Waals surface area contributed by atoms with Crippen LogP contribution >= 0.6 is 0 Å². The Morgan fingerprint density at radius 1 is 1.45 bits per heavy atom. The van der Waals surface area contributed by atoms with Crippen molar-refractivity contribution in [2.45, 2.75) is 59.6 Å². The van der Waals surface area contributed by atoms with E-state index in [4.69, 9.17) is 4.74 Å². The van der Waals surface area contributed by atoms with Crippen molar-refractivity contribution in [2.24, 2.45) is 10.9 Å². The highest BCUT2D eigenvalue weighted by atomic mass is 16.6. The van der Waals surface area contributed by atoms with Crippen LogP contribution in [0.5, 0.6) is 0 Å². The van der Waals surface area contributed by atoms with E-state index in [1.54, 1.807) is 4.90 Å². The van der Waals surface area contributed by atoms with Crippen LogP contribution < -0.4 is 5.32 Å². The molecule has 0 radical (unpaired) electrons. The van der Waals surface area contributed by atoms with E-state index in [0.29, 0.717) is 31.6 Å². The minimum atomic E-state index is -0.455.